The van der Waals surface area contributed by atoms with Gasteiger partial charge in [-0.2, -0.15) is 0 Å². The molecule has 3 unspecified atom stereocenters. The maximum absolute atomic E-state index is 6.07. The van der Waals surface area contributed by atoms with Crippen molar-refractivity contribution in [2.75, 3.05) is 33.5 Å². The predicted molar refractivity (Wildman–Crippen MR) is 119 cm³/mol. The van der Waals surface area contributed by atoms with Gasteiger partial charge in [-0.3, -0.25) is 0 Å². The van der Waals surface area contributed by atoms with Crippen molar-refractivity contribution in [3.8, 4) is 5.75 Å². The molecule has 2 saturated carbocycles. The summed E-state index contributed by atoms with van der Waals surface area (Å²) < 4.78 is 17.2. The van der Waals surface area contributed by atoms with Crippen LogP contribution < -0.4 is 15.4 Å². The minimum Gasteiger partial charge on any atom is -0.493 e. The highest BCUT2D eigenvalue weighted by molar-refractivity contribution is 5.80. The third-order valence-corrected chi connectivity index (χ3v) is 7.05. The smallest absolute Gasteiger partial charge is 0.191 e. The lowest BCUT2D eigenvalue weighted by Crippen LogP contribution is -2.72. The average molecular weight is 416 g/mol. The van der Waals surface area contributed by atoms with E-state index in [-0.39, 0.29) is 0 Å². The Kier molecular flexibility index (Phi) is 6.84. The number of nitrogens with zero attached hydrogens (tertiary/aromatic N) is 1. The zero-order chi connectivity index (χ0) is 21.0. The van der Waals surface area contributed by atoms with E-state index in [9.17, 15) is 0 Å². The molecule has 2 N–H and O–H groups in total. The van der Waals surface area contributed by atoms with Gasteiger partial charge in [0.15, 0.2) is 5.96 Å². The average Bonchev–Trinajstić information content (AvgIpc) is 3.12. The number of ether oxygens (including phenoxy) is 3. The van der Waals surface area contributed by atoms with Gasteiger partial charge in [0.25, 0.3) is 0 Å². The number of aliphatic imine (C=N–C) groups is 1. The lowest BCUT2D eigenvalue weighted by molar-refractivity contribution is -0.171. The highest BCUT2D eigenvalue weighted by Gasteiger charge is 2.66. The molecule has 1 spiro atoms. The molecule has 1 aromatic rings. The molecule has 30 heavy (non-hydrogen) atoms. The second-order valence-electron chi connectivity index (χ2n) is 8.95. The van der Waals surface area contributed by atoms with E-state index in [1.165, 1.54) is 31.2 Å². The maximum atomic E-state index is 6.07. The Labute approximate surface area is 180 Å². The summed E-state index contributed by atoms with van der Waals surface area (Å²) in [7, 11) is 1.72. The fourth-order valence-electron chi connectivity index (χ4n) is 5.40. The number of guanidine groups is 1. The summed E-state index contributed by atoms with van der Waals surface area (Å²) in [5.74, 6) is 2.47. The summed E-state index contributed by atoms with van der Waals surface area (Å²) in [4.78, 5) is 4.93. The van der Waals surface area contributed by atoms with Crippen molar-refractivity contribution < 1.29 is 14.2 Å². The van der Waals surface area contributed by atoms with Gasteiger partial charge in [-0.15, -0.1) is 0 Å². The maximum Gasteiger partial charge on any atom is 0.191 e. The minimum absolute atomic E-state index is 0.344. The molecule has 3 aliphatic rings. The van der Waals surface area contributed by atoms with E-state index in [0.29, 0.717) is 43.2 Å². The van der Waals surface area contributed by atoms with Gasteiger partial charge in [-0.1, -0.05) is 18.6 Å². The number of hydrogen-bond acceptors (Lipinski definition) is 4. The third kappa shape index (κ3) is 4.17. The first kappa shape index (κ1) is 21.4. The molecule has 0 amide bonds. The Balaban J connectivity index is 1.43. The van der Waals surface area contributed by atoms with E-state index >= 15 is 0 Å². The van der Waals surface area contributed by atoms with E-state index in [2.05, 4.69) is 42.7 Å². The molecule has 1 heterocycles. The lowest BCUT2D eigenvalue weighted by Gasteiger charge is -2.63. The molecule has 6 heteroatoms. The Bertz CT molecular complexity index is 747. The van der Waals surface area contributed by atoms with Gasteiger partial charge in [0.05, 0.1) is 19.3 Å². The fraction of sp³-hybridized carbons (Fsp3) is 0.708. The zero-order valence-electron chi connectivity index (χ0n) is 18.7. The molecule has 0 aromatic heterocycles. The Hall–Kier alpha value is -1.79. The normalized spacial score (nSPS) is 26.6. The second-order valence-corrected chi connectivity index (χ2v) is 8.95. The number of nitrogens with one attached hydrogen (secondary N) is 2. The van der Waals surface area contributed by atoms with Gasteiger partial charge in [-0.25, -0.2) is 4.99 Å². The molecule has 1 aliphatic heterocycles. The highest BCUT2D eigenvalue weighted by atomic mass is 16.5. The SMILES string of the molecule is CCNC(=NCc1ccc(C)cc1OCCCOC)NC1C2CCOC2C12CCC2. The van der Waals surface area contributed by atoms with Crippen LogP contribution in [-0.4, -0.2) is 51.6 Å². The van der Waals surface area contributed by atoms with E-state index in [1.54, 1.807) is 7.11 Å². The minimum atomic E-state index is 0.344. The molecule has 1 aromatic carbocycles. The number of rotatable bonds is 9. The first-order chi connectivity index (χ1) is 14.7. The highest BCUT2D eigenvalue weighted by Crippen LogP contribution is 2.62. The number of fused-ring (bicyclic) bond motifs is 2. The quantitative estimate of drug-likeness (QED) is 0.368. The van der Waals surface area contributed by atoms with E-state index in [4.69, 9.17) is 19.2 Å². The van der Waals surface area contributed by atoms with Gasteiger partial charge in [0.2, 0.25) is 0 Å². The van der Waals surface area contributed by atoms with Crippen LogP contribution in [0.3, 0.4) is 0 Å². The zero-order valence-corrected chi connectivity index (χ0v) is 18.7. The molecular formula is C24H37N3O3. The lowest BCUT2D eigenvalue weighted by atomic mass is 9.46. The van der Waals surface area contributed by atoms with Crippen molar-refractivity contribution >= 4 is 5.96 Å². The van der Waals surface area contributed by atoms with Crippen LogP contribution in [0.2, 0.25) is 0 Å². The monoisotopic (exact) mass is 415 g/mol. The van der Waals surface area contributed by atoms with Crippen LogP contribution in [0.5, 0.6) is 5.75 Å². The molecular weight excluding hydrogens is 378 g/mol. The summed E-state index contributed by atoms with van der Waals surface area (Å²) in [6.45, 7) is 7.94. The predicted octanol–water partition coefficient (Wildman–Crippen LogP) is 3.42. The van der Waals surface area contributed by atoms with Crippen molar-refractivity contribution in [3.63, 3.8) is 0 Å². The van der Waals surface area contributed by atoms with Crippen LogP contribution in [0.15, 0.2) is 23.2 Å². The summed E-state index contributed by atoms with van der Waals surface area (Å²) >= 11 is 0. The van der Waals surface area contributed by atoms with Gasteiger partial charge in [0.1, 0.15) is 5.75 Å². The van der Waals surface area contributed by atoms with E-state index in [1.807, 2.05) is 0 Å². The van der Waals surface area contributed by atoms with Crippen molar-refractivity contribution in [3.05, 3.63) is 29.3 Å². The van der Waals surface area contributed by atoms with Crippen LogP contribution in [0, 0.1) is 18.3 Å². The molecule has 166 valence electrons. The Morgan fingerprint density at radius 2 is 2.17 bits per heavy atom. The number of aryl methyl sites for hydroxylation is 1. The van der Waals surface area contributed by atoms with E-state index < -0.39 is 0 Å². The fourth-order valence-corrected chi connectivity index (χ4v) is 5.40. The first-order valence-electron chi connectivity index (χ1n) is 11.6. The second kappa shape index (κ2) is 9.56. The summed E-state index contributed by atoms with van der Waals surface area (Å²) in [5, 5.41) is 7.23. The van der Waals surface area contributed by atoms with Crippen LogP contribution in [0.25, 0.3) is 0 Å². The molecule has 1 saturated heterocycles. The molecule has 0 radical (unpaired) electrons. The number of hydrogen-bond donors (Lipinski definition) is 2. The van der Waals surface area contributed by atoms with E-state index in [0.717, 1.165) is 36.8 Å². The van der Waals surface area contributed by atoms with Crippen LogP contribution in [0.1, 0.15) is 50.2 Å². The topological polar surface area (TPSA) is 64.1 Å². The van der Waals surface area contributed by atoms with Crippen LogP contribution in [-0.2, 0) is 16.0 Å². The molecule has 3 fully saturated rings. The Morgan fingerprint density at radius 1 is 1.30 bits per heavy atom. The molecule has 3 atom stereocenters. The van der Waals surface area contributed by atoms with Crippen molar-refractivity contribution in [1.82, 2.24) is 10.6 Å². The van der Waals surface area contributed by atoms with Crippen LogP contribution in [0.4, 0.5) is 0 Å². The first-order valence-corrected chi connectivity index (χ1v) is 11.6. The molecule has 4 rings (SSSR count). The molecule has 0 bridgehead atoms. The van der Waals surface area contributed by atoms with Crippen molar-refractivity contribution in [2.45, 2.75) is 64.6 Å². The Morgan fingerprint density at radius 3 is 2.90 bits per heavy atom. The standard InChI is InChI=1S/C24H37N3O3/c1-4-25-23(27-21-19-9-14-30-22(19)24(21)10-5-11-24)26-16-18-8-7-17(2)15-20(18)29-13-6-12-28-3/h7-8,15,19,21-22H,4-6,9-14,16H2,1-3H3,(H2,25,26,27). The summed E-state index contributed by atoms with van der Waals surface area (Å²) in [5.41, 5.74) is 2.66. The third-order valence-electron chi connectivity index (χ3n) is 7.05. The van der Waals surface area contributed by atoms with Gasteiger partial charge in [0, 0.05) is 56.2 Å². The summed E-state index contributed by atoms with van der Waals surface area (Å²) in [6, 6.07) is 6.85. The molecule has 6 nitrogen and oxygen atoms in total. The van der Waals surface area contributed by atoms with Gasteiger partial charge in [-0.05, 0) is 44.7 Å². The number of benzene rings is 1. The van der Waals surface area contributed by atoms with Gasteiger partial charge < -0.3 is 24.8 Å². The van der Waals surface area contributed by atoms with Crippen molar-refractivity contribution in [2.24, 2.45) is 16.3 Å². The largest absolute Gasteiger partial charge is 0.493 e. The summed E-state index contributed by atoms with van der Waals surface area (Å²) in [6.07, 6.45) is 6.40. The number of methoxy groups -OCH3 is 1. The van der Waals surface area contributed by atoms with Crippen molar-refractivity contribution in [1.29, 1.82) is 0 Å². The van der Waals surface area contributed by atoms with Gasteiger partial charge >= 0.3 is 0 Å². The molecule has 2 aliphatic carbocycles. The van der Waals surface area contributed by atoms with Crippen LogP contribution >= 0.6 is 0 Å².